The van der Waals surface area contributed by atoms with Crippen LogP contribution in [-0.2, 0) is 4.79 Å². The van der Waals surface area contributed by atoms with Crippen molar-refractivity contribution in [3.63, 3.8) is 0 Å². The molecule has 0 spiro atoms. The number of hydrogen-bond acceptors (Lipinski definition) is 6. The summed E-state index contributed by atoms with van der Waals surface area (Å²) in [5, 5.41) is 20.0. The lowest BCUT2D eigenvalue weighted by atomic mass is 10.1. The number of pyridine rings is 2. The first-order valence-corrected chi connectivity index (χ1v) is 12.0. The number of nitrogens with zero attached hydrogens (tertiary/aromatic N) is 3. The number of benzene rings is 1. The first-order chi connectivity index (χ1) is 18.3. The summed E-state index contributed by atoms with van der Waals surface area (Å²) in [5.41, 5.74) is 5.53. The Morgan fingerprint density at radius 2 is 1.61 bits per heavy atom. The van der Waals surface area contributed by atoms with Crippen LogP contribution in [0.2, 0.25) is 0 Å². The van der Waals surface area contributed by atoms with E-state index in [2.05, 4.69) is 45.1 Å². The largest absolute Gasteiger partial charge is 0.355 e. The number of rotatable bonds is 9. The summed E-state index contributed by atoms with van der Waals surface area (Å²) in [5.74, 6) is -0.228. The number of allylic oxidation sites excluding steroid dienone is 4. The van der Waals surface area contributed by atoms with E-state index in [9.17, 15) is 10.1 Å². The van der Waals surface area contributed by atoms with Crippen LogP contribution in [0.25, 0.3) is 12.7 Å². The number of nitriles is 1. The summed E-state index contributed by atoms with van der Waals surface area (Å²) >= 11 is 0. The maximum absolute atomic E-state index is 13.0. The Morgan fingerprint density at radius 1 is 0.947 bits per heavy atom. The molecule has 0 saturated carbocycles. The van der Waals surface area contributed by atoms with Gasteiger partial charge < -0.3 is 16.0 Å². The van der Waals surface area contributed by atoms with E-state index in [-0.39, 0.29) is 5.91 Å². The lowest BCUT2D eigenvalue weighted by Crippen LogP contribution is -2.29. The SMILES string of the molecule is C=C(/C=C(C)\C(=C/C)C(=O)Nc1ccc(Nc2ccncc2)cc1)Nc1ccnc(=C)/c1=C\C(C#N)=C/C. The second-order valence-corrected chi connectivity index (χ2v) is 8.29. The average molecular weight is 503 g/mol. The second kappa shape index (κ2) is 13.2. The topological polar surface area (TPSA) is 103 Å². The van der Waals surface area contributed by atoms with Crippen molar-refractivity contribution in [2.75, 3.05) is 16.0 Å². The summed E-state index contributed by atoms with van der Waals surface area (Å²) in [6, 6.07) is 15.2. The minimum atomic E-state index is -0.228. The van der Waals surface area contributed by atoms with Crippen molar-refractivity contribution in [2.24, 2.45) is 0 Å². The molecular weight excluding hydrogens is 472 g/mol. The number of anilines is 4. The van der Waals surface area contributed by atoms with Crippen molar-refractivity contribution in [3.8, 4) is 6.07 Å². The smallest absolute Gasteiger partial charge is 0.255 e. The highest BCUT2D eigenvalue weighted by Crippen LogP contribution is 2.20. The standard InChI is InChI=1S/C31H30N6O/c1-6-24(20-32)19-29-23(5)34-17-14-30(29)35-22(4)18-21(3)28(7-2)31(38)37-26-10-8-25(9-11-26)36-27-12-15-33-16-13-27/h6-19,35H,4-5H2,1-3H3,(H,33,36)(H,37,38)/b21-18-,24-6+,28-7+,29-19+. The van der Waals surface area contributed by atoms with Crippen molar-refractivity contribution in [1.29, 1.82) is 5.26 Å². The molecule has 0 radical (unpaired) electrons. The molecule has 38 heavy (non-hydrogen) atoms. The molecule has 3 N–H and O–H groups in total. The van der Waals surface area contributed by atoms with Gasteiger partial charge in [0, 0.05) is 63.4 Å². The van der Waals surface area contributed by atoms with Crippen molar-refractivity contribution in [3.05, 3.63) is 119 Å². The van der Waals surface area contributed by atoms with Gasteiger partial charge in [-0.1, -0.05) is 25.3 Å². The maximum Gasteiger partial charge on any atom is 0.255 e. The van der Waals surface area contributed by atoms with E-state index >= 15 is 0 Å². The molecule has 7 heteroatoms. The summed E-state index contributed by atoms with van der Waals surface area (Å²) in [4.78, 5) is 21.3. The van der Waals surface area contributed by atoms with E-state index in [4.69, 9.17) is 0 Å². The van der Waals surface area contributed by atoms with Gasteiger partial charge in [0.1, 0.15) is 0 Å². The lowest BCUT2D eigenvalue weighted by Gasteiger charge is -2.12. The molecule has 0 atom stereocenters. The van der Waals surface area contributed by atoms with E-state index in [1.807, 2.05) is 50.2 Å². The molecule has 2 heterocycles. The molecule has 1 aromatic carbocycles. The molecule has 0 bridgehead atoms. The fourth-order valence-electron chi connectivity index (χ4n) is 3.65. The molecule has 0 unspecified atom stereocenters. The van der Waals surface area contributed by atoms with E-state index in [0.717, 1.165) is 16.9 Å². The highest BCUT2D eigenvalue weighted by Gasteiger charge is 2.12. The van der Waals surface area contributed by atoms with Crippen LogP contribution in [0.15, 0.2) is 108 Å². The third kappa shape index (κ3) is 7.39. The first kappa shape index (κ1) is 27.4. The maximum atomic E-state index is 13.0. The number of aromatic nitrogens is 2. The van der Waals surface area contributed by atoms with Gasteiger partial charge >= 0.3 is 0 Å². The van der Waals surface area contributed by atoms with E-state index in [1.165, 1.54) is 0 Å². The summed E-state index contributed by atoms with van der Waals surface area (Å²) in [6.07, 6.45) is 12.1. The van der Waals surface area contributed by atoms with Crippen LogP contribution >= 0.6 is 0 Å². The molecule has 3 rings (SSSR count). The van der Waals surface area contributed by atoms with Crippen LogP contribution in [0.3, 0.4) is 0 Å². The Morgan fingerprint density at radius 3 is 2.24 bits per heavy atom. The van der Waals surface area contributed by atoms with Crippen molar-refractivity contribution < 1.29 is 4.79 Å². The van der Waals surface area contributed by atoms with Crippen LogP contribution in [0.4, 0.5) is 22.7 Å². The quantitative estimate of drug-likeness (QED) is 0.207. The molecule has 7 nitrogen and oxygen atoms in total. The fourth-order valence-corrected chi connectivity index (χ4v) is 3.65. The van der Waals surface area contributed by atoms with Crippen molar-refractivity contribution in [2.45, 2.75) is 20.8 Å². The minimum Gasteiger partial charge on any atom is -0.355 e. The van der Waals surface area contributed by atoms with Gasteiger partial charge in [0.2, 0.25) is 0 Å². The molecule has 0 aliphatic carbocycles. The van der Waals surface area contributed by atoms with Crippen LogP contribution in [0.5, 0.6) is 0 Å². The van der Waals surface area contributed by atoms with Crippen LogP contribution in [0.1, 0.15) is 20.8 Å². The third-order valence-corrected chi connectivity index (χ3v) is 5.57. The monoisotopic (exact) mass is 502 g/mol. The Hall–Kier alpha value is -5.22. The van der Waals surface area contributed by atoms with Gasteiger partial charge in [-0.25, -0.2) is 0 Å². The third-order valence-electron chi connectivity index (χ3n) is 5.57. The lowest BCUT2D eigenvalue weighted by molar-refractivity contribution is -0.112. The van der Waals surface area contributed by atoms with Crippen molar-refractivity contribution in [1.82, 2.24) is 9.97 Å². The molecule has 0 saturated heterocycles. The summed E-state index contributed by atoms with van der Waals surface area (Å²) < 4.78 is 0. The van der Waals surface area contributed by atoms with Gasteiger partial charge in [0.15, 0.2) is 0 Å². The predicted molar refractivity (Wildman–Crippen MR) is 156 cm³/mol. The van der Waals surface area contributed by atoms with E-state index in [1.54, 1.807) is 55.9 Å². The van der Waals surface area contributed by atoms with E-state index < -0.39 is 0 Å². The molecule has 1 amide bonds. The number of carbonyl (C=O) groups excluding carboxylic acids is 1. The molecule has 0 fully saturated rings. The van der Waals surface area contributed by atoms with Gasteiger partial charge in [0.25, 0.3) is 5.91 Å². The average Bonchev–Trinajstić information content (AvgIpc) is 2.90. The number of nitrogens with one attached hydrogen (secondary N) is 3. The second-order valence-electron chi connectivity index (χ2n) is 8.29. The molecule has 0 aliphatic heterocycles. The number of hydrogen-bond donors (Lipinski definition) is 3. The highest BCUT2D eigenvalue weighted by molar-refractivity contribution is 6.06. The zero-order valence-corrected chi connectivity index (χ0v) is 21.7. The van der Waals surface area contributed by atoms with Gasteiger partial charge in [-0.05, 0) is 81.0 Å². The van der Waals surface area contributed by atoms with Crippen LogP contribution in [-0.4, -0.2) is 15.9 Å². The highest BCUT2D eigenvalue weighted by atomic mass is 16.1. The normalized spacial score (nSPS) is 12.5. The summed E-state index contributed by atoms with van der Waals surface area (Å²) in [7, 11) is 0. The minimum absolute atomic E-state index is 0.228. The molecule has 190 valence electrons. The first-order valence-electron chi connectivity index (χ1n) is 12.0. The number of carbonyl (C=O) groups is 1. The van der Waals surface area contributed by atoms with Gasteiger partial charge in [-0.15, -0.1) is 0 Å². The Bertz CT molecular complexity index is 1560. The predicted octanol–water partition coefficient (Wildman–Crippen LogP) is 5.34. The van der Waals surface area contributed by atoms with Gasteiger partial charge in [-0.3, -0.25) is 14.8 Å². The molecule has 2 aromatic heterocycles. The van der Waals surface area contributed by atoms with Crippen LogP contribution in [0, 0.1) is 11.3 Å². The molecular formula is C31H30N6O. The molecule has 3 aromatic rings. The Balaban J connectivity index is 1.71. The Labute approximate surface area is 223 Å². The summed E-state index contributed by atoms with van der Waals surface area (Å²) in [6.45, 7) is 13.5. The number of amides is 1. The van der Waals surface area contributed by atoms with Crippen molar-refractivity contribution >= 4 is 41.3 Å². The van der Waals surface area contributed by atoms with E-state index in [0.29, 0.717) is 38.8 Å². The van der Waals surface area contributed by atoms with Crippen LogP contribution < -0.4 is 26.5 Å². The van der Waals surface area contributed by atoms with Gasteiger partial charge in [-0.2, -0.15) is 5.26 Å². The zero-order valence-electron chi connectivity index (χ0n) is 21.7. The molecule has 0 aliphatic rings. The Kier molecular flexibility index (Phi) is 9.50. The fraction of sp³-hybridized carbons (Fsp3) is 0.0968. The van der Waals surface area contributed by atoms with Gasteiger partial charge in [0.05, 0.1) is 11.4 Å². The zero-order chi connectivity index (χ0) is 27.5.